The molecule has 0 unspecified atom stereocenters. The van der Waals surface area contributed by atoms with E-state index in [9.17, 15) is 4.79 Å². The van der Waals surface area contributed by atoms with Crippen molar-refractivity contribution >= 4 is 5.78 Å². The van der Waals surface area contributed by atoms with Crippen molar-refractivity contribution in [1.82, 2.24) is 15.3 Å². The molecule has 4 rings (SSSR count). The number of ketones is 1. The second kappa shape index (κ2) is 9.44. The van der Waals surface area contributed by atoms with E-state index < -0.39 is 0 Å². The number of carbonyl (C=O) groups excluding carboxylic acids is 1. The van der Waals surface area contributed by atoms with Crippen LogP contribution >= 0.6 is 0 Å². The predicted octanol–water partition coefficient (Wildman–Crippen LogP) is 5.85. The number of hydrogen-bond acceptors (Lipinski definition) is 5. The fourth-order valence-electron chi connectivity index (χ4n) is 5.23. The van der Waals surface area contributed by atoms with Gasteiger partial charge in [-0.05, 0) is 69.7 Å². The number of hydrogen-bond donors (Lipinski definition) is 1. The molecule has 0 spiro atoms. The maximum absolute atomic E-state index is 12.9. The van der Waals surface area contributed by atoms with Crippen LogP contribution in [0.5, 0.6) is 5.75 Å². The van der Waals surface area contributed by atoms with Gasteiger partial charge < -0.3 is 10.1 Å². The highest BCUT2D eigenvalue weighted by Crippen LogP contribution is 2.35. The molecule has 172 valence electrons. The number of aromatic nitrogens is 2. The average Bonchev–Trinajstić information content (AvgIpc) is 2.76. The van der Waals surface area contributed by atoms with Crippen LogP contribution in [-0.2, 0) is 6.61 Å². The van der Waals surface area contributed by atoms with Gasteiger partial charge >= 0.3 is 0 Å². The van der Waals surface area contributed by atoms with Crippen LogP contribution in [0.25, 0.3) is 11.1 Å². The lowest BCUT2D eigenvalue weighted by Crippen LogP contribution is -2.57. The summed E-state index contributed by atoms with van der Waals surface area (Å²) in [7, 11) is 0. The van der Waals surface area contributed by atoms with Crippen LogP contribution in [-0.4, -0.2) is 26.8 Å². The number of ether oxygens (including phenoxy) is 1. The zero-order valence-corrected chi connectivity index (χ0v) is 20.0. The fourth-order valence-corrected chi connectivity index (χ4v) is 5.23. The summed E-state index contributed by atoms with van der Waals surface area (Å²) in [5.41, 5.74) is 3.88. The van der Waals surface area contributed by atoms with Crippen LogP contribution in [0, 0.1) is 5.92 Å². The first-order chi connectivity index (χ1) is 15.7. The number of nitrogens with one attached hydrogen (secondary N) is 1. The number of Topliss-reactive ketones (excluding diaryl/α,β-unsaturated/α-hetero) is 1. The third-order valence-electron chi connectivity index (χ3n) is 6.16. The van der Waals surface area contributed by atoms with Crippen molar-refractivity contribution in [3.63, 3.8) is 0 Å². The highest BCUT2D eigenvalue weighted by atomic mass is 16.5. The van der Waals surface area contributed by atoms with Crippen LogP contribution in [0.15, 0.2) is 67.3 Å². The lowest BCUT2D eigenvalue weighted by Gasteiger charge is -2.46. The van der Waals surface area contributed by atoms with Gasteiger partial charge in [-0.25, -0.2) is 9.97 Å². The maximum Gasteiger partial charge on any atom is 0.163 e. The van der Waals surface area contributed by atoms with E-state index in [2.05, 4.69) is 43.0 Å². The van der Waals surface area contributed by atoms with Crippen molar-refractivity contribution in [2.45, 2.75) is 64.6 Å². The Balaban J connectivity index is 1.35. The van der Waals surface area contributed by atoms with Crippen molar-refractivity contribution in [1.29, 1.82) is 0 Å². The maximum atomic E-state index is 12.9. The van der Waals surface area contributed by atoms with Crippen molar-refractivity contribution < 1.29 is 9.53 Å². The fraction of sp³-hybridized carbons (Fsp3) is 0.393. The molecule has 5 heteroatoms. The molecule has 1 saturated heterocycles. The summed E-state index contributed by atoms with van der Waals surface area (Å²) in [4.78, 5) is 21.1. The van der Waals surface area contributed by atoms with E-state index in [-0.39, 0.29) is 16.9 Å². The van der Waals surface area contributed by atoms with Gasteiger partial charge in [0, 0.05) is 41.0 Å². The second-order valence-electron chi connectivity index (χ2n) is 10.4. The Bertz CT molecular complexity index is 1080. The largest absolute Gasteiger partial charge is 0.489 e. The van der Waals surface area contributed by atoms with Gasteiger partial charge in [0.05, 0.1) is 0 Å². The number of benzene rings is 2. The van der Waals surface area contributed by atoms with E-state index in [0.717, 1.165) is 40.8 Å². The smallest absolute Gasteiger partial charge is 0.163 e. The lowest BCUT2D eigenvalue weighted by molar-refractivity contribution is 0.0864. The monoisotopic (exact) mass is 443 g/mol. The van der Waals surface area contributed by atoms with E-state index in [1.54, 1.807) is 12.4 Å². The van der Waals surface area contributed by atoms with Crippen LogP contribution in [0.2, 0.25) is 0 Å². The Labute approximate surface area is 196 Å². The quantitative estimate of drug-likeness (QED) is 0.464. The summed E-state index contributed by atoms with van der Waals surface area (Å²) in [6, 6.07) is 15.7. The Morgan fingerprint density at radius 2 is 1.64 bits per heavy atom. The van der Waals surface area contributed by atoms with E-state index >= 15 is 0 Å². The van der Waals surface area contributed by atoms with Crippen LogP contribution in [0.3, 0.4) is 0 Å². The molecule has 0 bridgehead atoms. The first-order valence-corrected chi connectivity index (χ1v) is 11.6. The summed E-state index contributed by atoms with van der Waals surface area (Å²) < 4.78 is 5.99. The van der Waals surface area contributed by atoms with E-state index in [1.165, 1.54) is 6.33 Å². The van der Waals surface area contributed by atoms with E-state index in [4.69, 9.17) is 4.74 Å². The van der Waals surface area contributed by atoms with Gasteiger partial charge in [-0.15, -0.1) is 0 Å². The van der Waals surface area contributed by atoms with Gasteiger partial charge in [0.2, 0.25) is 0 Å². The topological polar surface area (TPSA) is 64.1 Å². The van der Waals surface area contributed by atoms with Gasteiger partial charge in [0.15, 0.2) is 5.78 Å². The third kappa shape index (κ3) is 6.26. The predicted molar refractivity (Wildman–Crippen MR) is 131 cm³/mol. The summed E-state index contributed by atoms with van der Waals surface area (Å²) in [5, 5.41) is 3.69. The number of carbonyl (C=O) groups is 1. The minimum absolute atomic E-state index is 0.0543. The molecule has 0 aliphatic carbocycles. The summed E-state index contributed by atoms with van der Waals surface area (Å²) in [6.07, 6.45) is 7.72. The summed E-state index contributed by atoms with van der Waals surface area (Å²) >= 11 is 0. The number of rotatable bonds is 7. The van der Waals surface area contributed by atoms with Gasteiger partial charge in [-0.2, -0.15) is 0 Å². The van der Waals surface area contributed by atoms with Crippen molar-refractivity contribution in [2.24, 2.45) is 5.92 Å². The first kappa shape index (κ1) is 23.1. The van der Waals surface area contributed by atoms with Gasteiger partial charge in [0.25, 0.3) is 0 Å². The van der Waals surface area contributed by atoms with Gasteiger partial charge in [-0.3, -0.25) is 4.79 Å². The Morgan fingerprint density at radius 3 is 2.30 bits per heavy atom. The van der Waals surface area contributed by atoms with E-state index in [1.807, 2.05) is 48.5 Å². The standard InChI is InChI=1S/C28H33N3O2/c1-27(2)14-21(15-28(3,4)31-27)12-26(32)22-10-8-20(9-11-22)18-33-25-7-5-6-23(13-25)24-16-29-19-30-17-24/h5-11,13,16-17,19,21,31H,12,14-15,18H2,1-4H3. The van der Waals surface area contributed by atoms with Crippen LogP contribution in [0.1, 0.15) is 62.9 Å². The molecule has 1 aromatic heterocycles. The summed E-state index contributed by atoms with van der Waals surface area (Å²) in [6.45, 7) is 9.35. The molecule has 0 amide bonds. The average molecular weight is 444 g/mol. The number of nitrogens with zero attached hydrogens (tertiary/aromatic N) is 2. The molecule has 1 aliphatic heterocycles. The Morgan fingerprint density at radius 1 is 0.970 bits per heavy atom. The zero-order chi connectivity index (χ0) is 23.5. The second-order valence-corrected chi connectivity index (χ2v) is 10.4. The minimum atomic E-state index is 0.0543. The first-order valence-electron chi connectivity index (χ1n) is 11.6. The zero-order valence-electron chi connectivity index (χ0n) is 20.0. The van der Waals surface area contributed by atoms with Crippen LogP contribution in [0.4, 0.5) is 0 Å². The van der Waals surface area contributed by atoms with Gasteiger partial charge in [0.1, 0.15) is 18.7 Å². The highest BCUT2D eigenvalue weighted by molar-refractivity contribution is 5.96. The molecule has 0 atom stereocenters. The Hall–Kier alpha value is -3.05. The van der Waals surface area contributed by atoms with Crippen molar-refractivity contribution in [2.75, 3.05) is 0 Å². The SMILES string of the molecule is CC1(C)CC(CC(=O)c2ccc(COc3cccc(-c4cncnc4)c3)cc2)CC(C)(C)N1. The van der Waals surface area contributed by atoms with Crippen molar-refractivity contribution in [3.8, 4) is 16.9 Å². The molecule has 0 saturated carbocycles. The molecule has 2 heterocycles. The van der Waals surface area contributed by atoms with Gasteiger partial charge in [-0.1, -0.05) is 36.4 Å². The normalized spacial score (nSPS) is 17.5. The Kier molecular flexibility index (Phi) is 6.61. The molecular formula is C28H33N3O2. The molecule has 1 fully saturated rings. The molecule has 33 heavy (non-hydrogen) atoms. The molecule has 2 aromatic carbocycles. The molecule has 3 aromatic rings. The lowest BCUT2D eigenvalue weighted by atomic mass is 9.74. The molecule has 1 N–H and O–H groups in total. The minimum Gasteiger partial charge on any atom is -0.489 e. The van der Waals surface area contributed by atoms with Crippen LogP contribution < -0.4 is 10.1 Å². The number of piperidine rings is 1. The molecule has 5 nitrogen and oxygen atoms in total. The van der Waals surface area contributed by atoms with Crippen molar-refractivity contribution in [3.05, 3.63) is 78.4 Å². The third-order valence-corrected chi connectivity index (χ3v) is 6.16. The van der Waals surface area contributed by atoms with E-state index in [0.29, 0.717) is 18.9 Å². The highest BCUT2D eigenvalue weighted by Gasteiger charge is 2.38. The summed E-state index contributed by atoms with van der Waals surface area (Å²) in [5.74, 6) is 1.40. The molecular weight excluding hydrogens is 410 g/mol. The molecule has 0 radical (unpaired) electrons. The molecule has 1 aliphatic rings.